The number of nitrogens with one attached hydrogen (secondary N) is 2. The maximum atomic E-state index is 12.1. The van der Waals surface area contributed by atoms with Crippen LogP contribution in [0.15, 0.2) is 36.5 Å². The molecule has 1 saturated carbocycles. The van der Waals surface area contributed by atoms with Crippen LogP contribution in [0.2, 0.25) is 0 Å². The molecule has 3 rings (SSSR count). The second-order valence-electron chi connectivity index (χ2n) is 7.40. The van der Waals surface area contributed by atoms with Crippen LogP contribution in [0.4, 0.5) is 4.79 Å². The minimum Gasteiger partial charge on any atom is -0.452 e. The van der Waals surface area contributed by atoms with Gasteiger partial charge >= 0.3 is 12.0 Å². The van der Waals surface area contributed by atoms with Gasteiger partial charge in [-0.25, -0.2) is 14.3 Å². The Morgan fingerprint density at radius 2 is 1.86 bits per heavy atom. The molecule has 2 N–H and O–H groups in total. The molecular formula is C21H26N4O4. The summed E-state index contributed by atoms with van der Waals surface area (Å²) < 4.78 is 6.75. The fraction of sp³-hybridized carbons (Fsp3) is 0.429. The summed E-state index contributed by atoms with van der Waals surface area (Å²) in [6.45, 7) is 3.50. The first-order valence-corrected chi connectivity index (χ1v) is 9.82. The van der Waals surface area contributed by atoms with Gasteiger partial charge in [-0.15, -0.1) is 0 Å². The lowest BCUT2D eigenvalue weighted by Gasteiger charge is -2.29. The lowest BCUT2D eigenvalue weighted by Crippen LogP contribution is -2.48. The number of imide groups is 1. The normalized spacial score (nSPS) is 18.7. The first-order valence-electron chi connectivity index (χ1n) is 9.82. The molecule has 0 bridgehead atoms. The number of urea groups is 1. The van der Waals surface area contributed by atoms with Crippen molar-refractivity contribution in [3.63, 3.8) is 0 Å². The molecule has 154 valence electrons. The van der Waals surface area contributed by atoms with Gasteiger partial charge in [-0.3, -0.25) is 10.1 Å². The van der Waals surface area contributed by atoms with Crippen molar-refractivity contribution in [3.8, 4) is 5.69 Å². The van der Waals surface area contributed by atoms with Crippen LogP contribution in [0, 0.1) is 12.8 Å². The van der Waals surface area contributed by atoms with Crippen LogP contribution >= 0.6 is 0 Å². The van der Waals surface area contributed by atoms with Gasteiger partial charge in [-0.2, -0.15) is 5.10 Å². The molecule has 1 aliphatic rings. The molecule has 2 atom stereocenters. The highest BCUT2D eigenvalue weighted by Gasteiger charge is 2.23. The van der Waals surface area contributed by atoms with Gasteiger partial charge in [0.15, 0.2) is 6.61 Å². The highest BCUT2D eigenvalue weighted by atomic mass is 16.5. The zero-order chi connectivity index (χ0) is 20.8. The zero-order valence-electron chi connectivity index (χ0n) is 16.7. The molecule has 3 amide bonds. The molecule has 1 aromatic heterocycles. The number of ether oxygens (including phenoxy) is 1. The van der Waals surface area contributed by atoms with Crippen molar-refractivity contribution in [1.82, 2.24) is 20.4 Å². The van der Waals surface area contributed by atoms with E-state index in [1.54, 1.807) is 35.1 Å². The molecule has 1 fully saturated rings. The summed E-state index contributed by atoms with van der Waals surface area (Å²) in [6.07, 6.45) is 5.90. The molecule has 2 aromatic rings. The largest absolute Gasteiger partial charge is 0.452 e. The van der Waals surface area contributed by atoms with E-state index in [9.17, 15) is 14.4 Å². The number of aryl methyl sites for hydroxylation is 1. The Kier molecular flexibility index (Phi) is 6.64. The molecule has 0 aliphatic heterocycles. The highest BCUT2D eigenvalue weighted by Crippen LogP contribution is 2.23. The summed E-state index contributed by atoms with van der Waals surface area (Å²) in [5.74, 6) is -0.913. The Labute approximate surface area is 169 Å². The third kappa shape index (κ3) is 5.43. The van der Waals surface area contributed by atoms with Crippen LogP contribution in [0.25, 0.3) is 5.69 Å². The second kappa shape index (κ2) is 9.36. The average molecular weight is 398 g/mol. The van der Waals surface area contributed by atoms with Crippen molar-refractivity contribution < 1.29 is 19.1 Å². The number of hydrogen-bond donors (Lipinski definition) is 2. The SMILES string of the molecule is Cc1ccnn1-c1ccc(C(=O)OCC(=O)NC(=O)N[C@H]2CCCC[C@H]2C)cc1. The number of rotatable bonds is 5. The summed E-state index contributed by atoms with van der Waals surface area (Å²) >= 11 is 0. The number of hydrogen-bond acceptors (Lipinski definition) is 5. The van der Waals surface area contributed by atoms with E-state index >= 15 is 0 Å². The maximum absolute atomic E-state index is 12.1. The van der Waals surface area contributed by atoms with E-state index in [2.05, 4.69) is 22.7 Å². The molecular weight excluding hydrogens is 372 g/mol. The van der Waals surface area contributed by atoms with Crippen LogP contribution in [-0.4, -0.2) is 40.3 Å². The van der Waals surface area contributed by atoms with Crippen molar-refractivity contribution in [2.75, 3.05) is 6.61 Å². The molecule has 8 heteroatoms. The van der Waals surface area contributed by atoms with Crippen LogP contribution < -0.4 is 10.6 Å². The number of esters is 1. The number of benzene rings is 1. The fourth-order valence-corrected chi connectivity index (χ4v) is 3.49. The second-order valence-corrected chi connectivity index (χ2v) is 7.40. The van der Waals surface area contributed by atoms with E-state index in [-0.39, 0.29) is 6.04 Å². The van der Waals surface area contributed by atoms with Gasteiger partial charge in [0.25, 0.3) is 5.91 Å². The third-order valence-electron chi connectivity index (χ3n) is 5.19. The van der Waals surface area contributed by atoms with Gasteiger partial charge in [0, 0.05) is 17.9 Å². The Bertz CT molecular complexity index is 875. The van der Waals surface area contributed by atoms with Gasteiger partial charge in [-0.1, -0.05) is 19.8 Å². The van der Waals surface area contributed by atoms with Crippen LogP contribution in [0.5, 0.6) is 0 Å². The molecule has 0 radical (unpaired) electrons. The molecule has 1 aliphatic carbocycles. The fourth-order valence-electron chi connectivity index (χ4n) is 3.49. The monoisotopic (exact) mass is 398 g/mol. The topological polar surface area (TPSA) is 102 Å². The Morgan fingerprint density at radius 1 is 1.14 bits per heavy atom. The molecule has 0 spiro atoms. The first-order chi connectivity index (χ1) is 13.9. The lowest BCUT2D eigenvalue weighted by atomic mass is 9.86. The van der Waals surface area contributed by atoms with E-state index in [4.69, 9.17) is 4.74 Å². The first kappa shape index (κ1) is 20.6. The third-order valence-corrected chi connectivity index (χ3v) is 5.19. The number of nitrogens with zero attached hydrogens (tertiary/aromatic N) is 2. The van der Waals surface area contributed by atoms with Crippen molar-refractivity contribution in [1.29, 1.82) is 0 Å². The minimum absolute atomic E-state index is 0.0658. The molecule has 1 heterocycles. The van der Waals surface area contributed by atoms with Gasteiger partial charge < -0.3 is 10.1 Å². The van der Waals surface area contributed by atoms with Crippen molar-refractivity contribution >= 4 is 17.9 Å². The van der Waals surface area contributed by atoms with Gasteiger partial charge in [-0.05, 0) is 56.0 Å². The van der Waals surface area contributed by atoms with E-state index < -0.39 is 24.5 Å². The predicted molar refractivity (Wildman–Crippen MR) is 107 cm³/mol. The number of amides is 3. The van der Waals surface area contributed by atoms with Crippen molar-refractivity contribution in [2.45, 2.75) is 45.6 Å². The van der Waals surface area contributed by atoms with Gasteiger partial charge in [0.05, 0.1) is 11.3 Å². The number of carbonyl (C=O) groups excluding carboxylic acids is 3. The summed E-state index contributed by atoms with van der Waals surface area (Å²) in [5.41, 5.74) is 2.10. The van der Waals surface area contributed by atoms with Crippen molar-refractivity contribution in [3.05, 3.63) is 47.8 Å². The summed E-state index contributed by atoms with van der Waals surface area (Å²) in [7, 11) is 0. The van der Waals surface area contributed by atoms with E-state index in [0.717, 1.165) is 30.6 Å². The summed E-state index contributed by atoms with van der Waals surface area (Å²) in [5, 5.41) is 9.24. The lowest BCUT2D eigenvalue weighted by molar-refractivity contribution is -0.123. The smallest absolute Gasteiger partial charge is 0.338 e. The van der Waals surface area contributed by atoms with Crippen LogP contribution in [0.3, 0.4) is 0 Å². The summed E-state index contributed by atoms with van der Waals surface area (Å²) in [6, 6.07) is 8.10. The quantitative estimate of drug-likeness (QED) is 0.754. The average Bonchev–Trinajstić information content (AvgIpc) is 3.14. The summed E-state index contributed by atoms with van der Waals surface area (Å²) in [4.78, 5) is 36.0. The number of aromatic nitrogens is 2. The minimum atomic E-state index is -0.664. The maximum Gasteiger partial charge on any atom is 0.338 e. The predicted octanol–water partition coefficient (Wildman–Crippen LogP) is 2.74. The van der Waals surface area contributed by atoms with Crippen molar-refractivity contribution in [2.24, 2.45) is 5.92 Å². The van der Waals surface area contributed by atoms with E-state index in [1.807, 2.05) is 13.0 Å². The van der Waals surface area contributed by atoms with E-state index in [1.165, 1.54) is 6.42 Å². The van der Waals surface area contributed by atoms with Gasteiger partial charge in [0.1, 0.15) is 0 Å². The van der Waals surface area contributed by atoms with E-state index in [0.29, 0.717) is 11.5 Å². The molecule has 0 unspecified atom stereocenters. The molecule has 0 saturated heterocycles. The Balaban J connectivity index is 1.45. The highest BCUT2D eigenvalue weighted by molar-refractivity contribution is 5.97. The van der Waals surface area contributed by atoms with Crippen LogP contribution in [-0.2, 0) is 9.53 Å². The van der Waals surface area contributed by atoms with Gasteiger partial charge in [0.2, 0.25) is 0 Å². The standard InChI is InChI=1S/C21H26N4O4/c1-14-5-3-4-6-18(14)23-21(28)24-19(26)13-29-20(27)16-7-9-17(10-8-16)25-15(2)11-12-22-25/h7-12,14,18H,3-6,13H2,1-2H3,(H2,23,24,26,28)/t14-,18+/m1/s1. The Morgan fingerprint density at radius 3 is 2.52 bits per heavy atom. The van der Waals surface area contributed by atoms with Crippen LogP contribution in [0.1, 0.15) is 48.7 Å². The Hall–Kier alpha value is -3.16. The number of carbonyl (C=O) groups is 3. The molecule has 29 heavy (non-hydrogen) atoms. The molecule has 1 aromatic carbocycles. The molecule has 8 nitrogen and oxygen atoms in total. The zero-order valence-corrected chi connectivity index (χ0v) is 16.7.